The number of carbonyl (C=O) groups is 3. The number of Topliss-reactive ketones (excluding diaryl/α,β-unsaturated/α-hetero) is 1. The Kier molecular flexibility index (Phi) is 7.29. The molecule has 0 bridgehead atoms. The third-order valence-electron chi connectivity index (χ3n) is 7.54. The first-order chi connectivity index (χ1) is 19.2. The van der Waals surface area contributed by atoms with Gasteiger partial charge in [-0.05, 0) is 36.6 Å². The second kappa shape index (κ2) is 9.85. The van der Waals surface area contributed by atoms with Gasteiger partial charge in [0.25, 0.3) is 0 Å². The maximum atomic E-state index is 16.0. The minimum Gasteiger partial charge on any atom is -0.496 e. The fraction of sp³-hybridized carbons (Fsp3) is 0.519. The maximum Gasteiger partial charge on any atom is 0.422 e. The fourth-order valence-electron chi connectivity index (χ4n) is 5.99. The van der Waals surface area contributed by atoms with Crippen LogP contribution >= 0.6 is 11.9 Å². The highest BCUT2D eigenvalue weighted by atomic mass is 32.2. The van der Waals surface area contributed by atoms with Crippen LogP contribution in [-0.4, -0.2) is 78.2 Å². The zero-order valence-electron chi connectivity index (χ0n) is 24.7. The number of pyridine rings is 1. The molecule has 1 aromatic rings. The number of aryl methyl sites for hydroxylation is 1. The molecule has 0 spiro atoms. The van der Waals surface area contributed by atoms with E-state index in [4.69, 9.17) is 4.74 Å². The topological polar surface area (TPSA) is 157 Å². The fourth-order valence-corrected chi connectivity index (χ4v) is 7.21. The zero-order valence-corrected chi connectivity index (χ0v) is 25.5. The Labute approximate surface area is 245 Å². The first-order valence-corrected chi connectivity index (χ1v) is 13.6. The highest BCUT2D eigenvalue weighted by Gasteiger charge is 2.68. The number of amidine groups is 1. The number of methoxy groups -OCH3 is 1. The van der Waals surface area contributed by atoms with E-state index >= 15 is 8.78 Å². The molecule has 3 heterocycles. The molecule has 0 atom stereocenters. The number of aromatic nitrogens is 1. The number of amides is 2. The Morgan fingerprint density at radius 2 is 1.64 bits per heavy atom. The molecule has 3 aliphatic rings. The Morgan fingerprint density at radius 1 is 1.07 bits per heavy atom. The second-order valence-corrected chi connectivity index (χ2v) is 13.2. The highest BCUT2D eigenvalue weighted by molar-refractivity contribution is 8.00. The van der Waals surface area contributed by atoms with E-state index in [1.54, 1.807) is 55.4 Å². The SMILES string of the molecule is COc1c(C)cnc(CN2N=C3C(N(C(=O)O)C(=O)O)=NSC(C(C)(C)C)(C(C)(C)C)C4=C3C(=N2)C(F)(F)C4=O)c1C. The van der Waals surface area contributed by atoms with E-state index in [9.17, 15) is 24.6 Å². The van der Waals surface area contributed by atoms with Crippen LogP contribution in [0.1, 0.15) is 58.4 Å². The van der Waals surface area contributed by atoms with Gasteiger partial charge in [-0.1, -0.05) is 41.5 Å². The summed E-state index contributed by atoms with van der Waals surface area (Å²) in [7, 11) is 1.47. The average Bonchev–Trinajstić information content (AvgIpc) is 2.96. The number of alkyl halides is 2. The zero-order chi connectivity index (χ0) is 31.7. The first kappa shape index (κ1) is 31.1. The van der Waals surface area contributed by atoms with Crippen LogP contribution in [0.2, 0.25) is 0 Å². The van der Waals surface area contributed by atoms with Crippen molar-refractivity contribution >= 4 is 47.2 Å². The van der Waals surface area contributed by atoms with Crippen LogP contribution in [0.4, 0.5) is 18.4 Å². The minimum atomic E-state index is -4.13. The van der Waals surface area contributed by atoms with Crippen molar-refractivity contribution in [3.8, 4) is 5.75 Å². The van der Waals surface area contributed by atoms with Crippen LogP contribution in [-0.2, 0) is 11.3 Å². The number of carboxylic acid groups (broad SMARTS) is 2. The summed E-state index contributed by atoms with van der Waals surface area (Å²) in [4.78, 5) is 42.4. The van der Waals surface area contributed by atoms with E-state index in [1.807, 2.05) is 0 Å². The third kappa shape index (κ3) is 4.36. The molecule has 15 heteroatoms. The summed E-state index contributed by atoms with van der Waals surface area (Å²) in [5.74, 6) is -5.88. The average molecular weight is 607 g/mol. The van der Waals surface area contributed by atoms with Gasteiger partial charge in [0, 0.05) is 28.5 Å². The van der Waals surface area contributed by atoms with E-state index in [1.165, 1.54) is 13.3 Å². The molecule has 0 saturated heterocycles. The molecule has 0 saturated carbocycles. The molecule has 1 aliphatic carbocycles. The summed E-state index contributed by atoms with van der Waals surface area (Å²) < 4.78 is 40.4. The van der Waals surface area contributed by atoms with Crippen LogP contribution in [0.5, 0.6) is 5.75 Å². The van der Waals surface area contributed by atoms with E-state index < -0.39 is 62.3 Å². The monoisotopic (exact) mass is 606 g/mol. The van der Waals surface area contributed by atoms with Crippen molar-refractivity contribution in [2.45, 2.75) is 72.6 Å². The molecule has 2 aliphatic heterocycles. The number of rotatable bonds is 3. The summed E-state index contributed by atoms with van der Waals surface area (Å²) in [6.07, 6.45) is -2.34. The highest BCUT2D eigenvalue weighted by Crippen LogP contribution is 2.62. The van der Waals surface area contributed by atoms with Gasteiger partial charge < -0.3 is 14.9 Å². The largest absolute Gasteiger partial charge is 0.496 e. The Balaban J connectivity index is 2.09. The van der Waals surface area contributed by atoms with E-state index in [0.29, 0.717) is 29.0 Å². The molecule has 0 aromatic carbocycles. The van der Waals surface area contributed by atoms with Gasteiger partial charge in [-0.15, -0.1) is 0 Å². The van der Waals surface area contributed by atoms with Crippen molar-refractivity contribution < 1.29 is 38.1 Å². The third-order valence-corrected chi connectivity index (χ3v) is 9.51. The molecule has 2 amide bonds. The van der Waals surface area contributed by atoms with Crippen molar-refractivity contribution in [1.29, 1.82) is 0 Å². The number of halogens is 2. The number of hydrogen-bond acceptors (Lipinski definition) is 10. The smallest absolute Gasteiger partial charge is 0.422 e. The van der Waals surface area contributed by atoms with Gasteiger partial charge in [0.15, 0.2) is 5.84 Å². The van der Waals surface area contributed by atoms with Crippen molar-refractivity contribution in [3.05, 3.63) is 34.2 Å². The predicted octanol–water partition coefficient (Wildman–Crippen LogP) is 5.30. The minimum absolute atomic E-state index is 0.0989. The second-order valence-electron chi connectivity index (χ2n) is 12.2. The van der Waals surface area contributed by atoms with Gasteiger partial charge in [-0.2, -0.15) is 33.4 Å². The van der Waals surface area contributed by atoms with Crippen LogP contribution in [0.25, 0.3) is 0 Å². The molecule has 0 radical (unpaired) electrons. The number of hydrogen-bond donors (Lipinski definition) is 2. The lowest BCUT2D eigenvalue weighted by Gasteiger charge is -2.52. The maximum absolute atomic E-state index is 16.0. The number of carbonyl (C=O) groups excluding carboxylic acids is 1. The molecule has 226 valence electrons. The van der Waals surface area contributed by atoms with Crippen LogP contribution < -0.4 is 4.74 Å². The first-order valence-electron chi connectivity index (χ1n) is 12.9. The number of imide groups is 1. The van der Waals surface area contributed by atoms with Gasteiger partial charge in [-0.25, -0.2) is 9.59 Å². The van der Waals surface area contributed by atoms with Gasteiger partial charge in [0.05, 0.1) is 17.6 Å². The van der Waals surface area contributed by atoms with Crippen molar-refractivity contribution in [2.24, 2.45) is 25.4 Å². The lowest BCUT2D eigenvalue weighted by atomic mass is 9.61. The van der Waals surface area contributed by atoms with Crippen LogP contribution in [0, 0.1) is 24.7 Å². The summed E-state index contributed by atoms with van der Waals surface area (Å²) in [5, 5.41) is 29.0. The molecule has 0 fully saturated rings. The molecule has 12 nitrogen and oxygen atoms in total. The van der Waals surface area contributed by atoms with Crippen molar-refractivity contribution in [1.82, 2.24) is 15.0 Å². The number of ketones is 1. The molecule has 1 aromatic heterocycles. The van der Waals surface area contributed by atoms with Crippen LogP contribution in [0.3, 0.4) is 0 Å². The number of ether oxygens (including phenoxy) is 1. The number of hydrazone groups is 2. The van der Waals surface area contributed by atoms with E-state index in [0.717, 1.165) is 10.7 Å². The molecule has 42 heavy (non-hydrogen) atoms. The van der Waals surface area contributed by atoms with Crippen molar-refractivity contribution in [2.75, 3.05) is 7.11 Å². The van der Waals surface area contributed by atoms with Gasteiger partial charge in [0.1, 0.15) is 23.7 Å². The van der Waals surface area contributed by atoms with Gasteiger partial charge in [0.2, 0.25) is 5.78 Å². The predicted molar refractivity (Wildman–Crippen MR) is 152 cm³/mol. The summed E-state index contributed by atoms with van der Waals surface area (Å²) in [5.41, 5.74) is -2.46. The quantitative estimate of drug-likeness (QED) is 0.436. The van der Waals surface area contributed by atoms with E-state index in [2.05, 4.69) is 19.6 Å². The lowest BCUT2D eigenvalue weighted by molar-refractivity contribution is -0.131. The Morgan fingerprint density at radius 3 is 2.14 bits per heavy atom. The Hall–Kier alpha value is -3.88. The lowest BCUT2D eigenvalue weighted by Crippen LogP contribution is -2.54. The number of nitrogens with zero attached hydrogens (tertiary/aromatic N) is 6. The van der Waals surface area contributed by atoms with Crippen LogP contribution in [0.15, 0.2) is 31.9 Å². The van der Waals surface area contributed by atoms with Crippen molar-refractivity contribution in [3.63, 3.8) is 0 Å². The normalized spacial score (nSPS) is 19.5. The Bertz CT molecular complexity index is 1510. The summed E-state index contributed by atoms with van der Waals surface area (Å²) in [6, 6.07) is 0. The molecule has 4 rings (SSSR count). The molecule has 0 unspecified atom stereocenters. The van der Waals surface area contributed by atoms with Gasteiger partial charge in [-0.3, -0.25) is 9.78 Å². The summed E-state index contributed by atoms with van der Waals surface area (Å²) in [6.45, 7) is 13.7. The summed E-state index contributed by atoms with van der Waals surface area (Å²) >= 11 is 0.685. The molecular formula is C27H32F2N6O6S. The molecule has 2 N–H and O–H groups in total. The van der Waals surface area contributed by atoms with Gasteiger partial charge >= 0.3 is 18.1 Å². The van der Waals surface area contributed by atoms with E-state index in [-0.39, 0.29) is 17.0 Å². The standard InChI is InChI=1S/C27H32F2N6O6S/c1-12-10-30-14(13(2)18(12)41-9)11-34-31-17-15-16(20(36)26(28,29)19(15)32-34)27(24(3,4)5,25(6,7)8)42-33-21(17)35(22(37)38)23(39)40/h10H,11H2,1-9H3,(H,37,38)(H,39,40). The molecular weight excluding hydrogens is 574 g/mol.